The number of aromatic nitrogens is 2. The van der Waals surface area contributed by atoms with Gasteiger partial charge in [-0.15, -0.1) is 0 Å². The van der Waals surface area contributed by atoms with Crippen molar-refractivity contribution in [3.8, 4) is 5.75 Å². The Bertz CT molecular complexity index is 1220. The molecular formula is C25H28N6O3. The number of rotatable bonds is 7. The molecule has 0 radical (unpaired) electrons. The van der Waals surface area contributed by atoms with Crippen LogP contribution in [0.25, 0.3) is 10.8 Å². The molecule has 1 aliphatic heterocycles. The number of nitrogens with zero attached hydrogens (tertiary/aromatic N) is 4. The van der Waals surface area contributed by atoms with Gasteiger partial charge in [0.1, 0.15) is 17.3 Å². The van der Waals surface area contributed by atoms with Crippen LogP contribution in [0.1, 0.15) is 23.8 Å². The number of amides is 2. The van der Waals surface area contributed by atoms with Gasteiger partial charge >= 0.3 is 0 Å². The van der Waals surface area contributed by atoms with Gasteiger partial charge in [-0.3, -0.25) is 9.59 Å². The van der Waals surface area contributed by atoms with Crippen molar-refractivity contribution in [2.24, 2.45) is 0 Å². The van der Waals surface area contributed by atoms with Crippen molar-refractivity contribution in [3.63, 3.8) is 0 Å². The summed E-state index contributed by atoms with van der Waals surface area (Å²) in [4.78, 5) is 37.9. The quantitative estimate of drug-likeness (QED) is 0.464. The Morgan fingerprint density at radius 2 is 1.88 bits per heavy atom. The van der Waals surface area contributed by atoms with E-state index >= 15 is 0 Å². The first-order valence-corrected chi connectivity index (χ1v) is 11.3. The minimum atomic E-state index is -0.403. The molecule has 3 aromatic rings. The van der Waals surface area contributed by atoms with E-state index in [1.54, 1.807) is 17.0 Å². The molecule has 0 atom stereocenters. The summed E-state index contributed by atoms with van der Waals surface area (Å²) < 4.78 is 0. The van der Waals surface area contributed by atoms with Gasteiger partial charge in [-0.1, -0.05) is 37.8 Å². The molecule has 34 heavy (non-hydrogen) atoms. The number of phenols is 1. The van der Waals surface area contributed by atoms with Crippen molar-refractivity contribution in [3.05, 3.63) is 60.8 Å². The van der Waals surface area contributed by atoms with Crippen molar-refractivity contribution in [1.82, 2.24) is 14.9 Å². The number of piperazine rings is 1. The molecule has 3 N–H and O–H groups in total. The van der Waals surface area contributed by atoms with Gasteiger partial charge in [0.25, 0.3) is 5.91 Å². The minimum Gasteiger partial charge on any atom is -0.508 e. The van der Waals surface area contributed by atoms with E-state index in [9.17, 15) is 14.7 Å². The van der Waals surface area contributed by atoms with E-state index in [1.807, 2.05) is 36.1 Å². The van der Waals surface area contributed by atoms with Gasteiger partial charge in [0.15, 0.2) is 0 Å². The van der Waals surface area contributed by atoms with Crippen molar-refractivity contribution in [2.45, 2.75) is 13.3 Å². The largest absolute Gasteiger partial charge is 0.508 e. The zero-order valence-corrected chi connectivity index (χ0v) is 19.1. The fourth-order valence-corrected chi connectivity index (χ4v) is 3.90. The highest BCUT2D eigenvalue weighted by molar-refractivity contribution is 6.09. The van der Waals surface area contributed by atoms with E-state index < -0.39 is 5.91 Å². The van der Waals surface area contributed by atoms with E-state index in [-0.39, 0.29) is 17.4 Å². The predicted molar refractivity (Wildman–Crippen MR) is 133 cm³/mol. The highest BCUT2D eigenvalue weighted by Crippen LogP contribution is 2.29. The maximum Gasteiger partial charge on any atom is 0.274 e. The molecule has 1 aromatic heterocycles. The first kappa shape index (κ1) is 23.0. The number of aromatic hydroxyl groups is 1. The van der Waals surface area contributed by atoms with Gasteiger partial charge in [-0.05, 0) is 23.9 Å². The fraction of sp³-hybridized carbons (Fsp3) is 0.280. The van der Waals surface area contributed by atoms with Gasteiger partial charge in [0, 0.05) is 50.2 Å². The molecule has 9 heteroatoms. The van der Waals surface area contributed by atoms with E-state index in [1.165, 1.54) is 12.1 Å². The maximum absolute atomic E-state index is 13.2. The van der Waals surface area contributed by atoms with E-state index in [4.69, 9.17) is 0 Å². The normalized spacial score (nSPS) is 13.6. The van der Waals surface area contributed by atoms with Crippen LogP contribution in [0.3, 0.4) is 0 Å². The van der Waals surface area contributed by atoms with Crippen molar-refractivity contribution < 1.29 is 14.7 Å². The van der Waals surface area contributed by atoms with Crippen LogP contribution in [0.2, 0.25) is 0 Å². The lowest BCUT2D eigenvalue weighted by atomic mass is 10.1. The fourth-order valence-electron chi connectivity index (χ4n) is 3.90. The Balaban J connectivity index is 1.61. The number of anilines is 3. The van der Waals surface area contributed by atoms with Crippen LogP contribution in [0, 0.1) is 0 Å². The van der Waals surface area contributed by atoms with Crippen LogP contribution < -0.4 is 15.5 Å². The lowest BCUT2D eigenvalue weighted by molar-refractivity contribution is -0.126. The number of benzene rings is 2. The first-order valence-electron chi connectivity index (χ1n) is 11.3. The average Bonchev–Trinajstić information content (AvgIpc) is 2.86. The summed E-state index contributed by atoms with van der Waals surface area (Å²) in [6, 6.07) is 12.3. The maximum atomic E-state index is 13.2. The zero-order chi connectivity index (χ0) is 24.1. The van der Waals surface area contributed by atoms with Gasteiger partial charge in [0.05, 0.1) is 5.69 Å². The van der Waals surface area contributed by atoms with E-state index in [0.29, 0.717) is 50.2 Å². The number of fused-ring (bicyclic) bond motifs is 1. The third-order valence-electron chi connectivity index (χ3n) is 5.66. The second-order valence-corrected chi connectivity index (χ2v) is 8.05. The molecule has 0 aliphatic carbocycles. The van der Waals surface area contributed by atoms with Gasteiger partial charge in [-0.25, -0.2) is 4.98 Å². The van der Waals surface area contributed by atoms with Gasteiger partial charge < -0.3 is 25.5 Å². The molecule has 4 rings (SSSR count). The average molecular weight is 461 g/mol. The number of nitrogens with one attached hydrogen (secondary N) is 2. The molecule has 1 saturated heterocycles. The van der Waals surface area contributed by atoms with Crippen molar-refractivity contribution >= 4 is 40.0 Å². The minimum absolute atomic E-state index is 0.0645. The number of hydrogen-bond acceptors (Lipinski definition) is 7. The van der Waals surface area contributed by atoms with Crippen molar-refractivity contribution in [1.29, 1.82) is 0 Å². The third-order valence-corrected chi connectivity index (χ3v) is 5.66. The Labute approximate surface area is 198 Å². The van der Waals surface area contributed by atoms with Crippen LogP contribution in [-0.4, -0.2) is 64.5 Å². The molecule has 0 spiro atoms. The second kappa shape index (κ2) is 10.2. The summed E-state index contributed by atoms with van der Waals surface area (Å²) in [5, 5.41) is 17.8. The number of carbonyl (C=O) groups is 2. The summed E-state index contributed by atoms with van der Waals surface area (Å²) in [5.41, 5.74) is 0.709. The molecule has 9 nitrogen and oxygen atoms in total. The summed E-state index contributed by atoms with van der Waals surface area (Å²) in [6.07, 6.45) is 2.20. The van der Waals surface area contributed by atoms with Gasteiger partial charge in [-0.2, -0.15) is 4.98 Å². The lowest BCUT2D eigenvalue weighted by Gasteiger charge is -2.35. The Hall–Kier alpha value is -4.14. The highest BCUT2D eigenvalue weighted by atomic mass is 16.3. The molecule has 0 bridgehead atoms. The first-order chi connectivity index (χ1) is 16.5. The van der Waals surface area contributed by atoms with Crippen LogP contribution >= 0.6 is 0 Å². The standard InChI is InChI=1S/C25H28N6O3/c1-3-9-26-25-28-21(16-22(29-25)30-10-12-31(13-11-30)23(33)4-2)24(34)27-20-15-18(32)14-17-7-5-6-8-19(17)20/h4-8,14-16,32H,2-3,9-13H2,1H3,(H,27,34)(H,26,28,29). The SMILES string of the molecule is C=CC(=O)N1CCN(c2cc(C(=O)Nc3cc(O)cc4ccccc34)nc(NCCC)n2)CC1. The van der Waals surface area contributed by atoms with Crippen LogP contribution in [-0.2, 0) is 4.79 Å². The Morgan fingerprint density at radius 1 is 1.12 bits per heavy atom. The molecule has 1 fully saturated rings. The number of phenolic OH excluding ortho intramolecular Hbond substituents is 1. The third kappa shape index (κ3) is 5.09. The molecule has 1 aliphatic rings. The zero-order valence-electron chi connectivity index (χ0n) is 19.1. The molecule has 2 heterocycles. The van der Waals surface area contributed by atoms with E-state index in [2.05, 4.69) is 27.2 Å². The van der Waals surface area contributed by atoms with Crippen LogP contribution in [0.4, 0.5) is 17.5 Å². The molecule has 0 unspecified atom stereocenters. The summed E-state index contributed by atoms with van der Waals surface area (Å²) in [6.45, 7) is 8.51. The van der Waals surface area contributed by atoms with Crippen molar-refractivity contribution in [2.75, 3.05) is 48.3 Å². The summed E-state index contributed by atoms with van der Waals surface area (Å²) in [7, 11) is 0. The van der Waals surface area contributed by atoms with Gasteiger partial charge in [0.2, 0.25) is 11.9 Å². The number of hydrogen-bond donors (Lipinski definition) is 3. The summed E-state index contributed by atoms with van der Waals surface area (Å²) >= 11 is 0. The highest BCUT2D eigenvalue weighted by Gasteiger charge is 2.22. The Morgan fingerprint density at radius 3 is 2.62 bits per heavy atom. The second-order valence-electron chi connectivity index (χ2n) is 8.05. The monoisotopic (exact) mass is 460 g/mol. The van der Waals surface area contributed by atoms with E-state index in [0.717, 1.165) is 17.2 Å². The predicted octanol–water partition coefficient (Wildman–Crippen LogP) is 3.24. The molecule has 176 valence electrons. The van der Waals surface area contributed by atoms with Crippen LogP contribution in [0.5, 0.6) is 5.75 Å². The topological polar surface area (TPSA) is 111 Å². The molecular weight excluding hydrogens is 432 g/mol. The number of carbonyl (C=O) groups excluding carboxylic acids is 2. The molecule has 2 amide bonds. The molecule has 0 saturated carbocycles. The molecule has 2 aromatic carbocycles. The lowest BCUT2D eigenvalue weighted by Crippen LogP contribution is -2.48. The van der Waals surface area contributed by atoms with Crippen LogP contribution in [0.15, 0.2) is 55.1 Å². The summed E-state index contributed by atoms with van der Waals surface area (Å²) in [5.74, 6) is 0.556. The Kier molecular flexibility index (Phi) is 6.91. The smallest absolute Gasteiger partial charge is 0.274 e.